The first-order valence-corrected chi connectivity index (χ1v) is 12.0. The normalized spacial score (nSPS) is 11.4. The maximum absolute atomic E-state index is 13.3. The number of anilines is 1. The maximum atomic E-state index is 13.3. The number of benzene rings is 3. The van der Waals surface area contributed by atoms with Gasteiger partial charge in [-0.25, -0.2) is 18.2 Å². The van der Waals surface area contributed by atoms with Crippen LogP contribution in [0.3, 0.4) is 0 Å². The van der Waals surface area contributed by atoms with Gasteiger partial charge < -0.3 is 5.32 Å². The van der Waals surface area contributed by atoms with Gasteiger partial charge in [-0.2, -0.15) is 5.10 Å². The molecule has 4 aromatic rings. The van der Waals surface area contributed by atoms with Gasteiger partial charge in [0.25, 0.3) is 5.91 Å². The molecule has 168 valence electrons. The Labute approximate surface area is 192 Å². The molecule has 0 bridgehead atoms. The largest absolute Gasteiger partial charge is 0.322 e. The number of para-hydroxylation sites is 1. The van der Waals surface area contributed by atoms with Crippen LogP contribution in [0.15, 0.2) is 79.0 Å². The third-order valence-corrected chi connectivity index (χ3v) is 5.91. The first-order valence-electron chi connectivity index (χ1n) is 10.3. The molecule has 0 saturated heterocycles. The minimum atomic E-state index is -3.68. The molecule has 1 amide bonds. The smallest absolute Gasteiger partial charge is 0.259 e. The third-order valence-electron chi connectivity index (χ3n) is 5.17. The van der Waals surface area contributed by atoms with E-state index in [1.54, 1.807) is 35.1 Å². The van der Waals surface area contributed by atoms with Gasteiger partial charge in [0, 0.05) is 17.4 Å². The molecule has 0 spiro atoms. The Kier molecular flexibility index (Phi) is 6.13. The van der Waals surface area contributed by atoms with Crippen LogP contribution in [0.5, 0.6) is 0 Å². The van der Waals surface area contributed by atoms with Gasteiger partial charge in [0.2, 0.25) is 10.0 Å². The number of rotatable bonds is 6. The second kappa shape index (κ2) is 9.01. The topological polar surface area (TPSA) is 107 Å². The van der Waals surface area contributed by atoms with E-state index in [2.05, 4.69) is 11.4 Å². The summed E-state index contributed by atoms with van der Waals surface area (Å²) in [7, 11) is -3.68. The first-order chi connectivity index (χ1) is 15.7. The molecule has 0 aliphatic heterocycles. The quantitative estimate of drug-likeness (QED) is 0.450. The molecule has 0 aliphatic rings. The molecule has 0 aliphatic carbocycles. The summed E-state index contributed by atoms with van der Waals surface area (Å²) >= 11 is 0. The van der Waals surface area contributed by atoms with Crippen molar-refractivity contribution in [2.24, 2.45) is 5.14 Å². The van der Waals surface area contributed by atoms with E-state index in [9.17, 15) is 13.2 Å². The molecule has 0 saturated carbocycles. The Morgan fingerprint density at radius 3 is 2.45 bits per heavy atom. The number of aromatic nitrogens is 2. The van der Waals surface area contributed by atoms with Crippen molar-refractivity contribution in [1.82, 2.24) is 9.78 Å². The summed E-state index contributed by atoms with van der Waals surface area (Å²) in [5.41, 5.74) is 5.76. The van der Waals surface area contributed by atoms with Gasteiger partial charge in [-0.15, -0.1) is 0 Å². The number of carbonyl (C=O) groups excluding carboxylic acids is 1. The number of nitrogens with one attached hydrogen (secondary N) is 1. The van der Waals surface area contributed by atoms with E-state index >= 15 is 0 Å². The highest BCUT2D eigenvalue weighted by Crippen LogP contribution is 2.28. The average Bonchev–Trinajstić information content (AvgIpc) is 3.19. The van der Waals surface area contributed by atoms with Gasteiger partial charge in [-0.05, 0) is 49.2 Å². The fraction of sp³-hybridized carbons (Fsp3) is 0.120. The number of aryl methyl sites for hydroxylation is 2. The summed E-state index contributed by atoms with van der Waals surface area (Å²) in [5.74, 6) is -0.656. The Morgan fingerprint density at radius 2 is 1.76 bits per heavy atom. The fourth-order valence-corrected chi connectivity index (χ4v) is 4.35. The molecule has 33 heavy (non-hydrogen) atoms. The SMILES string of the molecule is Cc1ccc(-c2nn(-c3ccccc3)cc2C(=O)Nc2cccc(CS(N)(=O)=O)c2)c(C)c1. The highest BCUT2D eigenvalue weighted by molar-refractivity contribution is 7.88. The van der Waals surface area contributed by atoms with Crippen LogP contribution >= 0.6 is 0 Å². The number of sulfonamides is 1. The monoisotopic (exact) mass is 460 g/mol. The van der Waals surface area contributed by atoms with E-state index in [4.69, 9.17) is 10.2 Å². The Hall–Kier alpha value is -3.75. The van der Waals surface area contributed by atoms with Crippen molar-refractivity contribution in [3.8, 4) is 16.9 Å². The van der Waals surface area contributed by atoms with Crippen LogP contribution in [-0.2, 0) is 15.8 Å². The van der Waals surface area contributed by atoms with Crippen molar-refractivity contribution in [2.45, 2.75) is 19.6 Å². The van der Waals surface area contributed by atoms with Gasteiger partial charge in [0.1, 0.15) is 5.69 Å². The van der Waals surface area contributed by atoms with Crippen LogP contribution in [0.2, 0.25) is 0 Å². The van der Waals surface area contributed by atoms with Gasteiger partial charge in [0.05, 0.1) is 17.0 Å². The van der Waals surface area contributed by atoms with Crippen LogP contribution < -0.4 is 10.5 Å². The first kappa shape index (κ1) is 22.4. The van der Waals surface area contributed by atoms with E-state index in [0.717, 1.165) is 22.4 Å². The molecule has 1 heterocycles. The van der Waals surface area contributed by atoms with E-state index < -0.39 is 10.0 Å². The predicted molar refractivity (Wildman–Crippen MR) is 130 cm³/mol. The molecule has 0 fully saturated rings. The third kappa shape index (κ3) is 5.36. The van der Waals surface area contributed by atoms with Crippen molar-refractivity contribution < 1.29 is 13.2 Å². The van der Waals surface area contributed by atoms with Gasteiger partial charge in [-0.3, -0.25) is 4.79 Å². The number of hydrogen-bond acceptors (Lipinski definition) is 4. The fourth-order valence-electron chi connectivity index (χ4n) is 3.70. The second-order valence-electron chi connectivity index (χ2n) is 7.95. The lowest BCUT2D eigenvalue weighted by atomic mass is 10.0. The molecule has 3 N–H and O–H groups in total. The molecular formula is C25H24N4O3S. The van der Waals surface area contributed by atoms with Crippen LogP contribution in [0.4, 0.5) is 5.69 Å². The maximum Gasteiger partial charge on any atom is 0.259 e. The highest BCUT2D eigenvalue weighted by Gasteiger charge is 2.20. The molecule has 0 unspecified atom stereocenters. The lowest BCUT2D eigenvalue weighted by molar-refractivity contribution is 0.102. The molecule has 1 aromatic heterocycles. The standard InChI is InChI=1S/C25H24N4O3S/c1-17-11-12-22(18(2)13-17)24-23(15-29(28-24)21-9-4-3-5-10-21)25(30)27-20-8-6-7-19(14-20)16-33(26,31)32/h3-15H,16H2,1-2H3,(H,27,30)(H2,26,31,32). The summed E-state index contributed by atoms with van der Waals surface area (Å²) in [4.78, 5) is 13.3. The zero-order valence-corrected chi connectivity index (χ0v) is 19.1. The minimum Gasteiger partial charge on any atom is -0.322 e. The molecule has 8 heteroatoms. The zero-order valence-electron chi connectivity index (χ0n) is 18.3. The summed E-state index contributed by atoms with van der Waals surface area (Å²) in [6.07, 6.45) is 1.70. The van der Waals surface area contributed by atoms with Gasteiger partial charge in [-0.1, -0.05) is 54.1 Å². The molecule has 0 radical (unpaired) electrons. The van der Waals surface area contributed by atoms with Gasteiger partial charge in [0.15, 0.2) is 0 Å². The number of nitrogens with zero attached hydrogens (tertiary/aromatic N) is 2. The lowest BCUT2D eigenvalue weighted by Crippen LogP contribution is -2.15. The van der Waals surface area contributed by atoms with Crippen molar-refractivity contribution in [2.75, 3.05) is 5.32 Å². The number of primary sulfonamides is 1. The van der Waals surface area contributed by atoms with Crippen molar-refractivity contribution in [3.63, 3.8) is 0 Å². The molecule has 3 aromatic carbocycles. The van der Waals surface area contributed by atoms with Gasteiger partial charge >= 0.3 is 0 Å². The molecule has 0 atom stereocenters. The van der Waals surface area contributed by atoms with E-state index in [1.165, 1.54) is 0 Å². The Bertz CT molecular complexity index is 1430. The lowest BCUT2D eigenvalue weighted by Gasteiger charge is -2.09. The van der Waals surface area contributed by atoms with Crippen molar-refractivity contribution in [3.05, 3.63) is 101 Å². The summed E-state index contributed by atoms with van der Waals surface area (Å²) < 4.78 is 24.5. The number of carbonyl (C=O) groups is 1. The number of nitrogens with two attached hydrogens (primary N) is 1. The second-order valence-corrected chi connectivity index (χ2v) is 9.57. The molecule has 4 rings (SSSR count). The van der Waals surface area contributed by atoms with Crippen LogP contribution in [-0.4, -0.2) is 24.1 Å². The highest BCUT2D eigenvalue weighted by atomic mass is 32.2. The Morgan fingerprint density at radius 1 is 1.00 bits per heavy atom. The van der Waals surface area contributed by atoms with Crippen LogP contribution in [0.1, 0.15) is 27.0 Å². The van der Waals surface area contributed by atoms with Crippen molar-refractivity contribution in [1.29, 1.82) is 0 Å². The van der Waals surface area contributed by atoms with E-state index in [0.29, 0.717) is 22.5 Å². The van der Waals surface area contributed by atoms with E-state index in [-0.39, 0.29) is 11.7 Å². The minimum absolute atomic E-state index is 0.309. The van der Waals surface area contributed by atoms with Crippen LogP contribution in [0.25, 0.3) is 16.9 Å². The zero-order chi connectivity index (χ0) is 23.6. The molecular weight excluding hydrogens is 436 g/mol. The summed E-state index contributed by atoms with van der Waals surface area (Å²) in [6.45, 7) is 4.00. The number of hydrogen-bond donors (Lipinski definition) is 2. The average molecular weight is 461 g/mol. The summed E-state index contributed by atoms with van der Waals surface area (Å²) in [6, 6.07) is 22.2. The summed E-state index contributed by atoms with van der Waals surface area (Å²) in [5, 5.41) is 12.7. The van der Waals surface area contributed by atoms with Crippen LogP contribution in [0, 0.1) is 13.8 Å². The number of amides is 1. The van der Waals surface area contributed by atoms with E-state index in [1.807, 2.05) is 56.3 Å². The Balaban J connectivity index is 1.74. The van der Waals surface area contributed by atoms with Crippen molar-refractivity contribution >= 4 is 21.6 Å². The molecule has 7 nitrogen and oxygen atoms in total. The predicted octanol–water partition coefficient (Wildman–Crippen LogP) is 4.20.